The first-order valence-electron chi connectivity index (χ1n) is 6.19. The predicted molar refractivity (Wildman–Crippen MR) is 82.5 cm³/mol. The highest BCUT2D eigenvalue weighted by atomic mass is 79.9. The SMILES string of the molecule is CC(C)CCOCCOc1c(Br)cccc1CBr. The summed E-state index contributed by atoms with van der Waals surface area (Å²) >= 11 is 6.96. The molecule has 0 saturated carbocycles. The molecule has 0 radical (unpaired) electrons. The topological polar surface area (TPSA) is 18.5 Å². The number of hydrogen-bond acceptors (Lipinski definition) is 2. The molecule has 0 fully saturated rings. The Labute approximate surface area is 126 Å². The molecule has 18 heavy (non-hydrogen) atoms. The van der Waals surface area contributed by atoms with E-state index in [1.807, 2.05) is 12.1 Å². The normalized spacial score (nSPS) is 10.9. The Morgan fingerprint density at radius 1 is 1.17 bits per heavy atom. The Morgan fingerprint density at radius 3 is 2.61 bits per heavy atom. The fourth-order valence-corrected chi connectivity index (χ4v) is 2.41. The van der Waals surface area contributed by atoms with Crippen molar-refractivity contribution in [2.24, 2.45) is 5.92 Å². The van der Waals surface area contributed by atoms with E-state index < -0.39 is 0 Å². The zero-order valence-corrected chi connectivity index (χ0v) is 14.1. The van der Waals surface area contributed by atoms with Crippen LogP contribution in [0.5, 0.6) is 5.75 Å². The molecule has 0 amide bonds. The maximum absolute atomic E-state index is 5.76. The molecule has 0 spiro atoms. The van der Waals surface area contributed by atoms with Gasteiger partial charge in [0, 0.05) is 17.5 Å². The van der Waals surface area contributed by atoms with E-state index in [1.165, 1.54) is 0 Å². The Kier molecular flexibility index (Phi) is 7.95. The molecule has 0 bridgehead atoms. The third-order valence-corrected chi connectivity index (χ3v) is 3.73. The van der Waals surface area contributed by atoms with Gasteiger partial charge in [-0.15, -0.1) is 0 Å². The fourth-order valence-electron chi connectivity index (χ4n) is 1.44. The van der Waals surface area contributed by atoms with Gasteiger partial charge in [-0.05, 0) is 34.3 Å². The molecule has 0 unspecified atom stereocenters. The molecular weight excluding hydrogens is 360 g/mol. The molecule has 0 aliphatic rings. The van der Waals surface area contributed by atoms with Crippen LogP contribution in [-0.4, -0.2) is 19.8 Å². The second-order valence-electron chi connectivity index (χ2n) is 4.51. The number of para-hydroxylation sites is 1. The summed E-state index contributed by atoms with van der Waals surface area (Å²) in [4.78, 5) is 0. The summed E-state index contributed by atoms with van der Waals surface area (Å²) in [5.74, 6) is 1.59. The molecule has 0 saturated heterocycles. The first-order valence-corrected chi connectivity index (χ1v) is 8.10. The molecule has 0 aromatic heterocycles. The Hall–Kier alpha value is -0.0600. The third kappa shape index (κ3) is 5.72. The fraction of sp³-hybridized carbons (Fsp3) is 0.571. The zero-order chi connectivity index (χ0) is 13.4. The lowest BCUT2D eigenvalue weighted by Gasteiger charge is -2.12. The Balaban J connectivity index is 2.31. The van der Waals surface area contributed by atoms with Crippen molar-refractivity contribution in [3.05, 3.63) is 28.2 Å². The molecule has 0 heterocycles. The summed E-state index contributed by atoms with van der Waals surface area (Å²) in [5.41, 5.74) is 1.14. The van der Waals surface area contributed by atoms with Crippen molar-refractivity contribution in [2.45, 2.75) is 25.6 Å². The van der Waals surface area contributed by atoms with Crippen LogP contribution in [0.3, 0.4) is 0 Å². The van der Waals surface area contributed by atoms with Crippen LogP contribution in [0.1, 0.15) is 25.8 Å². The van der Waals surface area contributed by atoms with Gasteiger partial charge in [-0.3, -0.25) is 0 Å². The molecule has 102 valence electrons. The van der Waals surface area contributed by atoms with E-state index in [1.54, 1.807) is 0 Å². The minimum atomic E-state index is 0.584. The highest BCUT2D eigenvalue weighted by molar-refractivity contribution is 9.10. The lowest BCUT2D eigenvalue weighted by Crippen LogP contribution is -2.09. The summed E-state index contributed by atoms with van der Waals surface area (Å²) in [5, 5.41) is 0.788. The van der Waals surface area contributed by atoms with Crippen molar-refractivity contribution in [1.82, 2.24) is 0 Å². The zero-order valence-electron chi connectivity index (χ0n) is 10.9. The van der Waals surface area contributed by atoms with Gasteiger partial charge < -0.3 is 9.47 Å². The highest BCUT2D eigenvalue weighted by Crippen LogP contribution is 2.30. The molecular formula is C14H20Br2O2. The average Bonchev–Trinajstić information content (AvgIpc) is 2.34. The summed E-state index contributed by atoms with van der Waals surface area (Å²) in [6, 6.07) is 6.04. The van der Waals surface area contributed by atoms with Crippen LogP contribution in [0.2, 0.25) is 0 Å². The largest absolute Gasteiger partial charge is 0.490 e. The van der Waals surface area contributed by atoms with Crippen LogP contribution in [0.4, 0.5) is 0 Å². The van der Waals surface area contributed by atoms with Crippen LogP contribution in [0.15, 0.2) is 22.7 Å². The maximum atomic E-state index is 5.76. The van der Waals surface area contributed by atoms with Crippen molar-refractivity contribution < 1.29 is 9.47 Å². The van der Waals surface area contributed by atoms with E-state index in [-0.39, 0.29) is 0 Å². The molecule has 1 rings (SSSR count). The Morgan fingerprint density at radius 2 is 1.94 bits per heavy atom. The van der Waals surface area contributed by atoms with Crippen molar-refractivity contribution in [2.75, 3.05) is 19.8 Å². The van der Waals surface area contributed by atoms with Gasteiger partial charge in [-0.1, -0.05) is 41.9 Å². The lowest BCUT2D eigenvalue weighted by molar-refractivity contribution is 0.0921. The number of alkyl halides is 1. The highest BCUT2D eigenvalue weighted by Gasteiger charge is 2.06. The second kappa shape index (κ2) is 8.94. The smallest absolute Gasteiger partial charge is 0.137 e. The first kappa shape index (κ1) is 16.0. The summed E-state index contributed by atoms with van der Waals surface area (Å²) in [7, 11) is 0. The molecule has 0 atom stereocenters. The maximum Gasteiger partial charge on any atom is 0.137 e. The van der Waals surface area contributed by atoms with E-state index in [2.05, 4.69) is 51.8 Å². The number of benzene rings is 1. The third-order valence-electron chi connectivity index (χ3n) is 2.51. The van der Waals surface area contributed by atoms with Crippen LogP contribution < -0.4 is 4.74 Å². The van der Waals surface area contributed by atoms with Gasteiger partial charge in [0.05, 0.1) is 11.1 Å². The molecule has 0 N–H and O–H groups in total. The van der Waals surface area contributed by atoms with Gasteiger partial charge in [0.25, 0.3) is 0 Å². The molecule has 1 aromatic rings. The number of halogens is 2. The van der Waals surface area contributed by atoms with E-state index in [0.29, 0.717) is 19.1 Å². The van der Waals surface area contributed by atoms with Crippen molar-refractivity contribution in [3.63, 3.8) is 0 Å². The minimum absolute atomic E-state index is 0.584. The molecule has 0 aliphatic heterocycles. The van der Waals surface area contributed by atoms with E-state index in [9.17, 15) is 0 Å². The van der Waals surface area contributed by atoms with Gasteiger partial charge in [-0.2, -0.15) is 0 Å². The molecule has 1 aromatic carbocycles. The number of rotatable bonds is 8. The second-order valence-corrected chi connectivity index (χ2v) is 5.92. The summed E-state index contributed by atoms with van der Waals surface area (Å²) in [6.07, 6.45) is 1.10. The molecule has 2 nitrogen and oxygen atoms in total. The summed E-state index contributed by atoms with van der Waals surface area (Å²) < 4.78 is 12.3. The van der Waals surface area contributed by atoms with Gasteiger partial charge in [0.1, 0.15) is 12.4 Å². The van der Waals surface area contributed by atoms with Gasteiger partial charge in [0.2, 0.25) is 0 Å². The standard InChI is InChI=1S/C14H20Br2O2/c1-11(2)6-7-17-8-9-18-14-12(10-15)4-3-5-13(14)16/h3-5,11H,6-10H2,1-2H3. The van der Waals surface area contributed by atoms with Crippen molar-refractivity contribution >= 4 is 31.9 Å². The van der Waals surface area contributed by atoms with Crippen LogP contribution >= 0.6 is 31.9 Å². The number of hydrogen-bond donors (Lipinski definition) is 0. The van der Waals surface area contributed by atoms with Crippen LogP contribution in [0, 0.1) is 5.92 Å². The number of ether oxygens (including phenoxy) is 2. The van der Waals surface area contributed by atoms with Crippen LogP contribution in [0.25, 0.3) is 0 Å². The molecule has 0 aliphatic carbocycles. The van der Waals surface area contributed by atoms with Gasteiger partial charge >= 0.3 is 0 Å². The monoisotopic (exact) mass is 378 g/mol. The molecule has 4 heteroatoms. The average molecular weight is 380 g/mol. The van der Waals surface area contributed by atoms with Crippen molar-refractivity contribution in [1.29, 1.82) is 0 Å². The van der Waals surface area contributed by atoms with E-state index in [0.717, 1.165) is 34.1 Å². The van der Waals surface area contributed by atoms with Gasteiger partial charge in [0.15, 0.2) is 0 Å². The van der Waals surface area contributed by atoms with Crippen molar-refractivity contribution in [3.8, 4) is 5.75 Å². The van der Waals surface area contributed by atoms with E-state index in [4.69, 9.17) is 9.47 Å². The first-order chi connectivity index (χ1) is 8.65. The summed E-state index contributed by atoms with van der Waals surface area (Å²) in [6.45, 7) is 6.42. The van der Waals surface area contributed by atoms with Gasteiger partial charge in [-0.25, -0.2) is 0 Å². The lowest BCUT2D eigenvalue weighted by atomic mass is 10.1. The quantitative estimate of drug-likeness (QED) is 0.477. The Bertz CT molecular complexity index is 354. The van der Waals surface area contributed by atoms with E-state index >= 15 is 0 Å². The predicted octanol–water partition coefficient (Wildman–Crippen LogP) is 4.79. The minimum Gasteiger partial charge on any atom is -0.490 e. The van der Waals surface area contributed by atoms with Crippen LogP contribution in [-0.2, 0) is 10.1 Å².